The zero-order valence-electron chi connectivity index (χ0n) is 18.8. The first-order valence-corrected chi connectivity index (χ1v) is 11.7. The first-order valence-electron chi connectivity index (χ1n) is 10.9. The number of pyridine rings is 1. The molecule has 4 rings (SSSR count). The highest BCUT2D eigenvalue weighted by atomic mass is 32.1. The minimum atomic E-state index is 0.0761. The predicted molar refractivity (Wildman–Crippen MR) is 124 cm³/mol. The van der Waals surface area contributed by atoms with Crippen molar-refractivity contribution in [1.29, 1.82) is 0 Å². The summed E-state index contributed by atoms with van der Waals surface area (Å²) < 4.78 is 2.17. The summed E-state index contributed by atoms with van der Waals surface area (Å²) in [7, 11) is 0. The number of hydrogen-bond donors (Lipinski definition) is 0. The average molecular weight is 439 g/mol. The van der Waals surface area contributed by atoms with Crippen molar-refractivity contribution in [2.24, 2.45) is 0 Å². The number of carbonyl (C=O) groups is 2. The van der Waals surface area contributed by atoms with Crippen LogP contribution in [0.3, 0.4) is 0 Å². The molecule has 0 bridgehead atoms. The van der Waals surface area contributed by atoms with E-state index < -0.39 is 0 Å². The highest BCUT2D eigenvalue weighted by Gasteiger charge is 2.23. The molecule has 3 aromatic heterocycles. The lowest BCUT2D eigenvalue weighted by Crippen LogP contribution is -2.48. The molecule has 1 aliphatic heterocycles. The number of thiophene rings is 1. The lowest BCUT2D eigenvalue weighted by molar-refractivity contribution is -0.133. The number of imidazole rings is 1. The zero-order valence-corrected chi connectivity index (χ0v) is 19.6. The number of ketones is 1. The van der Waals surface area contributed by atoms with Gasteiger partial charge in [0.15, 0.2) is 5.78 Å². The van der Waals surface area contributed by atoms with Crippen LogP contribution >= 0.6 is 11.3 Å². The molecule has 0 aliphatic carbocycles. The molecule has 1 saturated heterocycles. The van der Waals surface area contributed by atoms with Crippen molar-refractivity contribution in [3.05, 3.63) is 56.7 Å². The van der Waals surface area contributed by atoms with Crippen LogP contribution in [0.5, 0.6) is 0 Å². The van der Waals surface area contributed by atoms with Crippen molar-refractivity contribution in [3.8, 4) is 0 Å². The van der Waals surface area contributed by atoms with E-state index in [9.17, 15) is 9.59 Å². The summed E-state index contributed by atoms with van der Waals surface area (Å²) in [5.74, 6) is 0.159. The van der Waals surface area contributed by atoms with E-state index in [0.29, 0.717) is 19.5 Å². The number of aromatic nitrogens is 2. The number of rotatable bonds is 6. The van der Waals surface area contributed by atoms with E-state index in [1.165, 1.54) is 11.3 Å². The number of piperazine rings is 1. The quantitative estimate of drug-likeness (QED) is 0.547. The summed E-state index contributed by atoms with van der Waals surface area (Å²) >= 11 is 1.64. The van der Waals surface area contributed by atoms with Gasteiger partial charge in [0, 0.05) is 67.1 Å². The van der Waals surface area contributed by atoms with E-state index in [1.807, 2.05) is 24.8 Å². The molecule has 0 radical (unpaired) electrons. The van der Waals surface area contributed by atoms with E-state index in [-0.39, 0.29) is 18.1 Å². The van der Waals surface area contributed by atoms with Crippen molar-refractivity contribution in [3.63, 3.8) is 0 Å². The molecule has 0 spiro atoms. The maximum Gasteiger partial charge on any atom is 0.223 e. The standard InChI is InChI=1S/C24H30N4O2S/c1-16-7-8-28-21(18(3)25-23(28)13-16)15-26-9-11-27(12-10-26)24(30)6-5-22(29)20-14-17(2)31-19(20)4/h7-8,13-14H,5-6,9-12,15H2,1-4H3. The van der Waals surface area contributed by atoms with Gasteiger partial charge in [0.1, 0.15) is 5.65 Å². The van der Waals surface area contributed by atoms with Crippen molar-refractivity contribution in [2.45, 2.75) is 47.1 Å². The largest absolute Gasteiger partial charge is 0.340 e. The molecule has 6 nitrogen and oxygen atoms in total. The first-order chi connectivity index (χ1) is 14.8. The van der Waals surface area contributed by atoms with E-state index >= 15 is 0 Å². The highest BCUT2D eigenvalue weighted by Crippen LogP contribution is 2.22. The van der Waals surface area contributed by atoms with E-state index in [1.54, 1.807) is 11.3 Å². The Hall–Kier alpha value is -2.51. The SMILES string of the molecule is Cc1ccn2c(CN3CCN(C(=O)CCC(=O)c4cc(C)sc4C)CC3)c(C)nc2c1. The number of aryl methyl sites for hydroxylation is 4. The molecule has 3 aromatic rings. The molecule has 1 aliphatic rings. The van der Waals surface area contributed by atoms with Crippen molar-refractivity contribution < 1.29 is 9.59 Å². The van der Waals surface area contributed by atoms with Gasteiger partial charge in [0.05, 0.1) is 11.4 Å². The second kappa shape index (κ2) is 8.93. The summed E-state index contributed by atoms with van der Waals surface area (Å²) in [6.45, 7) is 12.0. The Morgan fingerprint density at radius 2 is 1.77 bits per heavy atom. The molecule has 0 N–H and O–H groups in total. The average Bonchev–Trinajstić information content (AvgIpc) is 3.23. The molecular weight excluding hydrogens is 408 g/mol. The van der Waals surface area contributed by atoms with Crippen LogP contribution in [0.1, 0.15) is 49.9 Å². The molecule has 1 amide bonds. The van der Waals surface area contributed by atoms with Crippen molar-refractivity contribution >= 4 is 28.7 Å². The second-order valence-corrected chi connectivity index (χ2v) is 9.94. The maximum atomic E-state index is 12.7. The molecule has 31 heavy (non-hydrogen) atoms. The Labute approximate surface area is 187 Å². The Morgan fingerprint density at radius 1 is 1.03 bits per heavy atom. The van der Waals surface area contributed by atoms with Crippen LogP contribution in [0.4, 0.5) is 0 Å². The van der Waals surface area contributed by atoms with Gasteiger partial charge < -0.3 is 9.30 Å². The normalized spacial score (nSPS) is 15.0. The van der Waals surface area contributed by atoms with Crippen molar-refractivity contribution in [2.75, 3.05) is 26.2 Å². The lowest BCUT2D eigenvalue weighted by Gasteiger charge is -2.34. The first kappa shape index (κ1) is 21.7. The van der Waals surface area contributed by atoms with E-state index in [0.717, 1.165) is 46.3 Å². The Balaban J connectivity index is 1.30. The van der Waals surface area contributed by atoms with Gasteiger partial charge >= 0.3 is 0 Å². The molecule has 0 atom stereocenters. The minimum Gasteiger partial charge on any atom is -0.340 e. The zero-order chi connectivity index (χ0) is 22.1. The molecule has 164 valence electrons. The predicted octanol–water partition coefficient (Wildman–Crippen LogP) is 3.94. The number of hydrogen-bond acceptors (Lipinski definition) is 5. The Bertz CT molecular complexity index is 1120. The number of Topliss-reactive ketones (excluding diaryl/α,β-unsaturated/α-hetero) is 1. The fraction of sp³-hybridized carbons (Fsp3) is 0.458. The molecule has 4 heterocycles. The summed E-state index contributed by atoms with van der Waals surface area (Å²) in [4.78, 5) is 36.3. The van der Waals surface area contributed by atoms with Gasteiger partial charge in [-0.2, -0.15) is 0 Å². The van der Waals surface area contributed by atoms with Gasteiger partial charge in [-0.3, -0.25) is 14.5 Å². The van der Waals surface area contributed by atoms with Gasteiger partial charge in [-0.1, -0.05) is 0 Å². The number of carbonyl (C=O) groups excluding carboxylic acids is 2. The van der Waals surface area contributed by atoms with Gasteiger partial charge in [-0.25, -0.2) is 4.98 Å². The van der Waals surface area contributed by atoms with Crippen LogP contribution in [0.25, 0.3) is 5.65 Å². The third kappa shape index (κ3) is 4.72. The summed E-state index contributed by atoms with van der Waals surface area (Å²) in [6.07, 6.45) is 2.67. The van der Waals surface area contributed by atoms with E-state index in [4.69, 9.17) is 4.98 Å². The summed E-state index contributed by atoms with van der Waals surface area (Å²) in [6, 6.07) is 6.15. The van der Waals surface area contributed by atoms with Crippen LogP contribution in [-0.4, -0.2) is 57.1 Å². The van der Waals surface area contributed by atoms with Gasteiger partial charge in [-0.15, -0.1) is 11.3 Å². The lowest BCUT2D eigenvalue weighted by atomic mass is 10.1. The van der Waals surface area contributed by atoms with Gasteiger partial charge in [0.2, 0.25) is 5.91 Å². The summed E-state index contributed by atoms with van der Waals surface area (Å²) in [5.41, 5.74) is 5.24. The van der Waals surface area contributed by atoms with E-state index in [2.05, 4.69) is 41.5 Å². The van der Waals surface area contributed by atoms with Gasteiger partial charge in [0.25, 0.3) is 0 Å². The third-order valence-electron chi connectivity index (χ3n) is 6.09. The fourth-order valence-electron chi connectivity index (χ4n) is 4.29. The van der Waals surface area contributed by atoms with Crippen LogP contribution in [0.15, 0.2) is 24.4 Å². The molecular formula is C24H30N4O2S. The monoisotopic (exact) mass is 438 g/mol. The van der Waals surface area contributed by atoms with Gasteiger partial charge in [-0.05, 0) is 51.5 Å². The Morgan fingerprint density at radius 3 is 2.45 bits per heavy atom. The maximum absolute atomic E-state index is 12.7. The summed E-state index contributed by atoms with van der Waals surface area (Å²) in [5, 5.41) is 0. The molecule has 0 aromatic carbocycles. The number of fused-ring (bicyclic) bond motifs is 1. The Kier molecular flexibility index (Phi) is 6.25. The number of nitrogens with zero attached hydrogens (tertiary/aromatic N) is 4. The van der Waals surface area contributed by atoms with Crippen LogP contribution in [0.2, 0.25) is 0 Å². The molecule has 0 unspecified atom stereocenters. The number of amides is 1. The minimum absolute atomic E-state index is 0.0761. The van der Waals surface area contributed by atoms with Crippen molar-refractivity contribution in [1.82, 2.24) is 19.2 Å². The topological polar surface area (TPSA) is 57.9 Å². The second-order valence-electron chi connectivity index (χ2n) is 8.48. The van der Waals surface area contributed by atoms with Crippen LogP contribution in [-0.2, 0) is 11.3 Å². The highest BCUT2D eigenvalue weighted by molar-refractivity contribution is 7.12. The fourth-order valence-corrected chi connectivity index (χ4v) is 5.24. The third-order valence-corrected chi connectivity index (χ3v) is 7.05. The van der Waals surface area contributed by atoms with Crippen LogP contribution < -0.4 is 0 Å². The smallest absolute Gasteiger partial charge is 0.223 e. The molecule has 1 fully saturated rings. The molecule has 7 heteroatoms. The molecule has 0 saturated carbocycles. The van der Waals surface area contributed by atoms with Crippen LogP contribution in [0, 0.1) is 27.7 Å².